The molecule has 2 N–H and O–H groups in total. The zero-order valence-corrected chi connectivity index (χ0v) is 13.2. The molecular weight excluding hydrogens is 238 g/mol. The molecule has 1 aromatic rings. The maximum absolute atomic E-state index is 9.39. The number of aromatic nitrogens is 2. The number of aliphatic hydroxyl groups excluding tert-OH is 1. The van der Waals surface area contributed by atoms with Gasteiger partial charge in [-0.3, -0.25) is 4.68 Å². The van der Waals surface area contributed by atoms with Gasteiger partial charge in [0.25, 0.3) is 0 Å². The second-order valence-corrected chi connectivity index (χ2v) is 5.72. The number of aryl methyl sites for hydroxylation is 2. The molecule has 3 unspecified atom stereocenters. The predicted octanol–water partition coefficient (Wildman–Crippen LogP) is 2.58. The third-order valence-corrected chi connectivity index (χ3v) is 3.69. The van der Waals surface area contributed by atoms with Gasteiger partial charge in [-0.05, 0) is 53.5 Å². The molecule has 0 bridgehead atoms. The van der Waals surface area contributed by atoms with Crippen molar-refractivity contribution in [1.82, 2.24) is 15.1 Å². The van der Waals surface area contributed by atoms with Gasteiger partial charge in [-0.25, -0.2) is 0 Å². The van der Waals surface area contributed by atoms with E-state index in [2.05, 4.69) is 49.7 Å². The monoisotopic (exact) mass is 267 g/mol. The minimum absolute atomic E-state index is 0.224. The summed E-state index contributed by atoms with van der Waals surface area (Å²) in [7, 11) is 0. The summed E-state index contributed by atoms with van der Waals surface area (Å²) in [6, 6.07) is 0.303. The van der Waals surface area contributed by atoms with Gasteiger partial charge >= 0.3 is 0 Å². The molecule has 0 aromatic carbocycles. The van der Waals surface area contributed by atoms with Gasteiger partial charge in [0.2, 0.25) is 0 Å². The number of hydrogen-bond donors (Lipinski definition) is 2. The first-order chi connectivity index (χ1) is 8.86. The predicted molar refractivity (Wildman–Crippen MR) is 79.3 cm³/mol. The van der Waals surface area contributed by atoms with Crippen LogP contribution in [0, 0.1) is 19.8 Å². The van der Waals surface area contributed by atoms with E-state index in [1.807, 2.05) is 6.92 Å². The van der Waals surface area contributed by atoms with Crippen molar-refractivity contribution >= 4 is 0 Å². The Kier molecular flexibility index (Phi) is 6.01. The van der Waals surface area contributed by atoms with Crippen LogP contribution >= 0.6 is 0 Å². The molecule has 0 amide bonds. The fourth-order valence-electron chi connectivity index (χ4n) is 2.79. The van der Waals surface area contributed by atoms with Crippen molar-refractivity contribution in [3.63, 3.8) is 0 Å². The summed E-state index contributed by atoms with van der Waals surface area (Å²) in [6.07, 6.45) is 0.616. The second kappa shape index (κ2) is 7.06. The summed E-state index contributed by atoms with van der Waals surface area (Å²) < 4.78 is 2.06. The van der Waals surface area contributed by atoms with Crippen molar-refractivity contribution in [2.75, 3.05) is 6.54 Å². The minimum Gasteiger partial charge on any atom is -0.393 e. The van der Waals surface area contributed by atoms with Crippen molar-refractivity contribution in [1.29, 1.82) is 0 Å². The van der Waals surface area contributed by atoms with Crippen LogP contribution in [0.25, 0.3) is 0 Å². The average Bonchev–Trinajstić information content (AvgIpc) is 2.60. The van der Waals surface area contributed by atoms with Crippen LogP contribution < -0.4 is 5.32 Å². The van der Waals surface area contributed by atoms with Crippen LogP contribution in [-0.4, -0.2) is 27.5 Å². The fourth-order valence-corrected chi connectivity index (χ4v) is 2.79. The Morgan fingerprint density at radius 3 is 2.37 bits per heavy atom. The third-order valence-electron chi connectivity index (χ3n) is 3.69. The molecule has 0 saturated heterocycles. The Labute approximate surface area is 117 Å². The summed E-state index contributed by atoms with van der Waals surface area (Å²) in [6.45, 7) is 14.4. The van der Waals surface area contributed by atoms with E-state index in [4.69, 9.17) is 0 Å². The lowest BCUT2D eigenvalue weighted by Gasteiger charge is -2.19. The first kappa shape index (κ1) is 16.2. The van der Waals surface area contributed by atoms with Crippen LogP contribution in [0.4, 0.5) is 0 Å². The third kappa shape index (κ3) is 4.32. The van der Waals surface area contributed by atoms with Crippen molar-refractivity contribution in [3.05, 3.63) is 17.0 Å². The SMILES string of the molecule is CCn1nc(C)c(C(C)NCC(C)CC(C)O)c1C. The lowest BCUT2D eigenvalue weighted by molar-refractivity contribution is 0.162. The molecule has 0 fully saturated rings. The quantitative estimate of drug-likeness (QED) is 0.798. The van der Waals surface area contributed by atoms with Gasteiger partial charge in [-0.2, -0.15) is 5.10 Å². The molecule has 1 rings (SSSR count). The molecule has 19 heavy (non-hydrogen) atoms. The number of aliphatic hydroxyl groups is 1. The van der Waals surface area contributed by atoms with Gasteiger partial charge in [0.15, 0.2) is 0 Å². The van der Waals surface area contributed by atoms with Crippen LogP contribution in [0.5, 0.6) is 0 Å². The van der Waals surface area contributed by atoms with Crippen molar-refractivity contribution in [3.8, 4) is 0 Å². The van der Waals surface area contributed by atoms with Crippen LogP contribution in [0.1, 0.15) is 57.1 Å². The number of nitrogens with one attached hydrogen (secondary N) is 1. The van der Waals surface area contributed by atoms with Crippen LogP contribution in [0.15, 0.2) is 0 Å². The first-order valence-electron chi connectivity index (χ1n) is 7.32. The molecular formula is C15H29N3O. The van der Waals surface area contributed by atoms with E-state index in [1.165, 1.54) is 11.3 Å². The molecule has 1 heterocycles. The van der Waals surface area contributed by atoms with Gasteiger partial charge in [0, 0.05) is 23.8 Å². The van der Waals surface area contributed by atoms with Gasteiger partial charge in [0.05, 0.1) is 11.8 Å². The largest absolute Gasteiger partial charge is 0.393 e. The highest BCUT2D eigenvalue weighted by Crippen LogP contribution is 2.21. The first-order valence-corrected chi connectivity index (χ1v) is 7.32. The maximum atomic E-state index is 9.39. The Morgan fingerprint density at radius 2 is 1.89 bits per heavy atom. The molecule has 0 aliphatic heterocycles. The highest BCUT2D eigenvalue weighted by Gasteiger charge is 2.17. The van der Waals surface area contributed by atoms with Crippen LogP contribution in [0.2, 0.25) is 0 Å². The molecule has 0 saturated carbocycles. The summed E-state index contributed by atoms with van der Waals surface area (Å²) in [5.41, 5.74) is 3.68. The molecule has 0 aliphatic rings. The Hall–Kier alpha value is -0.870. The standard InChI is InChI=1S/C15H29N3O/c1-7-18-14(6)15(13(5)17-18)12(4)16-9-10(2)8-11(3)19/h10-12,16,19H,7-9H2,1-6H3. The van der Waals surface area contributed by atoms with Gasteiger partial charge < -0.3 is 10.4 Å². The van der Waals surface area contributed by atoms with Gasteiger partial charge in [0.1, 0.15) is 0 Å². The Balaban J connectivity index is 2.63. The van der Waals surface area contributed by atoms with E-state index in [-0.39, 0.29) is 6.10 Å². The summed E-state index contributed by atoms with van der Waals surface area (Å²) in [5.74, 6) is 0.476. The lowest BCUT2D eigenvalue weighted by atomic mass is 10.0. The number of rotatable bonds is 7. The van der Waals surface area contributed by atoms with E-state index < -0.39 is 0 Å². The fraction of sp³-hybridized carbons (Fsp3) is 0.800. The summed E-state index contributed by atoms with van der Waals surface area (Å²) in [5, 5.41) is 17.5. The van der Waals surface area contributed by atoms with Crippen molar-refractivity contribution < 1.29 is 5.11 Å². The molecule has 0 spiro atoms. The van der Waals surface area contributed by atoms with E-state index >= 15 is 0 Å². The van der Waals surface area contributed by atoms with Crippen LogP contribution in [0.3, 0.4) is 0 Å². The Bertz CT molecular complexity index is 398. The molecule has 0 aliphatic carbocycles. The lowest BCUT2D eigenvalue weighted by Crippen LogP contribution is -2.26. The number of nitrogens with zero attached hydrogens (tertiary/aromatic N) is 2. The van der Waals surface area contributed by atoms with E-state index in [0.717, 1.165) is 25.2 Å². The molecule has 1 aromatic heterocycles. The highest BCUT2D eigenvalue weighted by atomic mass is 16.3. The zero-order valence-electron chi connectivity index (χ0n) is 13.2. The number of hydrogen-bond acceptors (Lipinski definition) is 3. The summed E-state index contributed by atoms with van der Waals surface area (Å²) >= 11 is 0. The smallest absolute Gasteiger partial charge is 0.0644 e. The zero-order chi connectivity index (χ0) is 14.6. The minimum atomic E-state index is -0.224. The topological polar surface area (TPSA) is 50.1 Å². The van der Waals surface area contributed by atoms with Gasteiger partial charge in [-0.1, -0.05) is 6.92 Å². The van der Waals surface area contributed by atoms with E-state index in [0.29, 0.717) is 12.0 Å². The maximum Gasteiger partial charge on any atom is 0.0644 e. The highest BCUT2D eigenvalue weighted by molar-refractivity contribution is 5.27. The normalized spacial score (nSPS) is 16.4. The average molecular weight is 267 g/mol. The van der Waals surface area contributed by atoms with E-state index in [9.17, 15) is 5.11 Å². The second-order valence-electron chi connectivity index (χ2n) is 5.72. The van der Waals surface area contributed by atoms with E-state index in [1.54, 1.807) is 0 Å². The molecule has 110 valence electrons. The molecule has 0 radical (unpaired) electrons. The van der Waals surface area contributed by atoms with Gasteiger partial charge in [-0.15, -0.1) is 0 Å². The van der Waals surface area contributed by atoms with Crippen molar-refractivity contribution in [2.24, 2.45) is 5.92 Å². The molecule has 3 atom stereocenters. The van der Waals surface area contributed by atoms with Crippen molar-refractivity contribution in [2.45, 2.75) is 66.7 Å². The molecule has 4 nitrogen and oxygen atoms in total. The Morgan fingerprint density at radius 1 is 1.26 bits per heavy atom. The van der Waals surface area contributed by atoms with Crippen LogP contribution in [-0.2, 0) is 6.54 Å². The molecule has 4 heteroatoms. The summed E-state index contributed by atoms with van der Waals surface area (Å²) in [4.78, 5) is 0.